The lowest BCUT2D eigenvalue weighted by molar-refractivity contribution is -0.111. The fourth-order valence-corrected chi connectivity index (χ4v) is 9.96. The van der Waals surface area contributed by atoms with Crippen molar-refractivity contribution in [2.24, 2.45) is 0 Å². The fourth-order valence-electron chi connectivity index (χ4n) is 4.32. The first-order chi connectivity index (χ1) is 12.2. The van der Waals surface area contributed by atoms with Crippen molar-refractivity contribution in [1.29, 1.82) is 0 Å². The topological polar surface area (TPSA) is 17.1 Å². The Hall–Kier alpha value is -0.936. The second kappa shape index (κ2) is 9.84. The molecule has 0 spiro atoms. The highest BCUT2D eigenvalue weighted by molar-refractivity contribution is 6.95. The van der Waals surface area contributed by atoms with E-state index in [1.165, 1.54) is 47.2 Å². The van der Waals surface area contributed by atoms with E-state index in [0.29, 0.717) is 5.78 Å². The Labute approximate surface area is 164 Å². The molecule has 0 amide bonds. The molecule has 0 aliphatic heterocycles. The molecule has 0 fully saturated rings. The van der Waals surface area contributed by atoms with Crippen molar-refractivity contribution >= 4 is 21.9 Å². The summed E-state index contributed by atoms with van der Waals surface area (Å²) in [5.41, 5.74) is 2.90. The Morgan fingerprint density at radius 1 is 0.769 bits per heavy atom. The van der Waals surface area contributed by atoms with E-state index in [2.05, 4.69) is 53.2 Å². The lowest BCUT2D eigenvalue weighted by atomic mass is 9.99. The van der Waals surface area contributed by atoms with Gasteiger partial charge in [0.2, 0.25) is 0 Å². The van der Waals surface area contributed by atoms with Crippen molar-refractivity contribution < 1.29 is 4.79 Å². The van der Waals surface area contributed by atoms with E-state index in [1.54, 1.807) is 0 Å². The zero-order valence-corrected chi connectivity index (χ0v) is 20.1. The maximum absolute atomic E-state index is 13.8. The van der Waals surface area contributed by atoms with E-state index in [4.69, 9.17) is 0 Å². The lowest BCUT2D eigenvalue weighted by Crippen LogP contribution is -2.38. The fraction of sp³-hybridized carbons (Fsp3) is 0.609. The van der Waals surface area contributed by atoms with Gasteiger partial charge in [0, 0.05) is 0 Å². The molecule has 0 unspecified atom stereocenters. The van der Waals surface area contributed by atoms with Gasteiger partial charge in [-0.15, -0.1) is 13.2 Å². The van der Waals surface area contributed by atoms with Gasteiger partial charge in [-0.3, -0.25) is 4.79 Å². The van der Waals surface area contributed by atoms with Gasteiger partial charge in [-0.25, -0.2) is 0 Å². The Balaban J connectivity index is 3.59. The number of Topliss-reactive ketones (excluding diaryl/α,β-unsaturated/α-hetero) is 1. The summed E-state index contributed by atoms with van der Waals surface area (Å²) in [6, 6.07) is 1.98. The van der Waals surface area contributed by atoms with Crippen LogP contribution in [-0.2, 0) is 4.79 Å². The minimum atomic E-state index is -1.80. The van der Waals surface area contributed by atoms with E-state index in [1.807, 2.05) is 12.2 Å². The summed E-state index contributed by atoms with van der Waals surface area (Å²) in [6.07, 6.45) is 10.9. The maximum atomic E-state index is 13.8. The predicted octanol–water partition coefficient (Wildman–Crippen LogP) is 7.41. The van der Waals surface area contributed by atoms with E-state index in [9.17, 15) is 4.79 Å². The minimum absolute atomic E-state index is 0.416. The summed E-state index contributed by atoms with van der Waals surface area (Å²) in [7, 11) is -3.61. The molecule has 0 bridgehead atoms. The van der Waals surface area contributed by atoms with Crippen LogP contribution >= 0.6 is 0 Å². The molecule has 1 nitrogen and oxygen atoms in total. The SMILES string of the molecule is C=CC[Si](C)(C)C1=C(CCCC)C(CCCC)=C([Si](C)(C)CC=C)C1=O. The number of ketones is 1. The van der Waals surface area contributed by atoms with Crippen LogP contribution in [0, 0.1) is 0 Å². The van der Waals surface area contributed by atoms with Gasteiger partial charge in [-0.1, -0.05) is 65.0 Å². The molecule has 0 radical (unpaired) electrons. The van der Waals surface area contributed by atoms with Crippen LogP contribution in [0.2, 0.25) is 38.3 Å². The molecule has 0 saturated carbocycles. The quantitative estimate of drug-likeness (QED) is 0.251. The second-order valence-electron chi connectivity index (χ2n) is 9.00. The second-order valence-corrected chi connectivity index (χ2v) is 18.3. The highest BCUT2D eigenvalue weighted by Gasteiger charge is 2.44. The third-order valence-electron chi connectivity index (χ3n) is 5.65. The van der Waals surface area contributed by atoms with Crippen LogP contribution in [0.15, 0.2) is 46.8 Å². The van der Waals surface area contributed by atoms with E-state index in [-0.39, 0.29) is 0 Å². The average Bonchev–Trinajstić information content (AvgIpc) is 2.83. The molecule has 146 valence electrons. The zero-order valence-electron chi connectivity index (χ0n) is 18.1. The highest BCUT2D eigenvalue weighted by Crippen LogP contribution is 2.44. The lowest BCUT2D eigenvalue weighted by Gasteiger charge is -2.27. The molecule has 0 aromatic rings. The van der Waals surface area contributed by atoms with Gasteiger partial charge >= 0.3 is 0 Å². The third kappa shape index (κ3) is 5.07. The number of hydrogen-bond donors (Lipinski definition) is 0. The van der Waals surface area contributed by atoms with Crippen LogP contribution in [0.1, 0.15) is 52.4 Å². The molecule has 0 aromatic carbocycles. The largest absolute Gasteiger partial charge is 0.290 e. The zero-order chi connectivity index (χ0) is 20.0. The van der Waals surface area contributed by atoms with Gasteiger partial charge in [-0.2, -0.15) is 0 Å². The van der Waals surface area contributed by atoms with Crippen LogP contribution in [-0.4, -0.2) is 21.9 Å². The van der Waals surface area contributed by atoms with Gasteiger partial charge in [-0.05, 0) is 59.3 Å². The van der Waals surface area contributed by atoms with Crippen molar-refractivity contribution in [3.8, 4) is 0 Å². The highest BCUT2D eigenvalue weighted by atomic mass is 28.3. The Morgan fingerprint density at radius 2 is 1.12 bits per heavy atom. The molecule has 0 atom stereocenters. The first-order valence-corrected chi connectivity index (χ1v) is 16.8. The van der Waals surface area contributed by atoms with Crippen LogP contribution in [0.3, 0.4) is 0 Å². The summed E-state index contributed by atoms with van der Waals surface area (Å²) in [5.74, 6) is 0.416. The van der Waals surface area contributed by atoms with Gasteiger partial charge in [0.05, 0.1) is 16.1 Å². The molecular weight excluding hydrogens is 348 g/mol. The van der Waals surface area contributed by atoms with Crippen molar-refractivity contribution in [3.63, 3.8) is 0 Å². The molecule has 1 aliphatic rings. The van der Waals surface area contributed by atoms with Crippen molar-refractivity contribution in [3.05, 3.63) is 46.8 Å². The van der Waals surface area contributed by atoms with Gasteiger partial charge in [0.25, 0.3) is 0 Å². The molecule has 0 N–H and O–H groups in total. The predicted molar refractivity (Wildman–Crippen MR) is 123 cm³/mol. The van der Waals surface area contributed by atoms with Gasteiger partial charge in [0.1, 0.15) is 0 Å². The smallest absolute Gasteiger partial charge is 0.177 e. The first-order valence-electron chi connectivity index (χ1n) is 10.4. The van der Waals surface area contributed by atoms with E-state index < -0.39 is 16.1 Å². The maximum Gasteiger partial charge on any atom is 0.177 e. The monoisotopic (exact) mass is 388 g/mol. The summed E-state index contributed by atoms with van der Waals surface area (Å²) in [4.78, 5) is 13.8. The van der Waals surface area contributed by atoms with Crippen LogP contribution in [0.4, 0.5) is 0 Å². The number of unbranched alkanes of at least 4 members (excludes halogenated alkanes) is 2. The summed E-state index contributed by atoms with van der Waals surface area (Å²) >= 11 is 0. The Kier molecular flexibility index (Phi) is 8.75. The van der Waals surface area contributed by atoms with E-state index >= 15 is 0 Å². The first kappa shape index (κ1) is 23.1. The molecule has 1 aliphatic carbocycles. The van der Waals surface area contributed by atoms with Gasteiger partial charge in [0.15, 0.2) is 5.78 Å². The standard InChI is InChI=1S/C23H40OSi2/c1-9-13-15-19-20(16-14-10-2)23(26(7,8)18-12-4)21(24)22(19)25(5,6)17-11-3/h11-12H,3-4,9-10,13-18H2,1-2,5-8H3. The molecular formula is C23H40OSi2. The summed E-state index contributed by atoms with van der Waals surface area (Å²) in [6.45, 7) is 21.9. The normalized spacial score (nSPS) is 15.8. The minimum Gasteiger partial charge on any atom is -0.290 e. The molecule has 1 rings (SSSR count). The number of carbonyl (C=O) groups excluding carboxylic acids is 1. The average molecular weight is 389 g/mol. The van der Waals surface area contributed by atoms with Crippen LogP contribution in [0.25, 0.3) is 0 Å². The Bertz CT molecular complexity index is 554. The number of hydrogen-bond acceptors (Lipinski definition) is 1. The molecule has 0 saturated heterocycles. The van der Waals surface area contributed by atoms with Crippen molar-refractivity contribution in [2.45, 2.75) is 90.6 Å². The molecule has 0 heterocycles. The van der Waals surface area contributed by atoms with Gasteiger partial charge < -0.3 is 0 Å². The summed E-state index contributed by atoms with van der Waals surface area (Å²) < 4.78 is 0. The number of rotatable bonds is 12. The molecule has 3 heteroatoms. The third-order valence-corrected chi connectivity index (χ3v) is 12.0. The van der Waals surface area contributed by atoms with Crippen LogP contribution in [0.5, 0.6) is 0 Å². The number of allylic oxidation sites excluding steroid dienone is 6. The summed E-state index contributed by atoms with van der Waals surface area (Å²) in [5, 5.41) is 2.47. The van der Waals surface area contributed by atoms with Crippen LogP contribution < -0.4 is 0 Å². The molecule has 26 heavy (non-hydrogen) atoms. The Morgan fingerprint density at radius 3 is 1.38 bits per heavy atom. The molecule has 0 aromatic heterocycles. The number of carbonyl (C=O) groups is 1. The van der Waals surface area contributed by atoms with E-state index in [0.717, 1.165) is 24.9 Å². The van der Waals surface area contributed by atoms with Crippen molar-refractivity contribution in [2.75, 3.05) is 0 Å². The van der Waals surface area contributed by atoms with Crippen molar-refractivity contribution in [1.82, 2.24) is 0 Å².